The molecule has 2 N–H and O–H groups in total. The molecule has 0 bridgehead atoms. The van der Waals surface area contributed by atoms with E-state index in [9.17, 15) is 9.59 Å². The Bertz CT molecular complexity index is 476. The van der Waals surface area contributed by atoms with Crippen LogP contribution >= 0.6 is 0 Å². The minimum atomic E-state index is -0.664. The summed E-state index contributed by atoms with van der Waals surface area (Å²) in [6.45, 7) is 8.15. The van der Waals surface area contributed by atoms with E-state index in [0.717, 1.165) is 0 Å². The van der Waals surface area contributed by atoms with E-state index in [-0.39, 0.29) is 28.8 Å². The lowest BCUT2D eigenvalue weighted by molar-refractivity contribution is 0.0622. The molecule has 104 valence electrons. The van der Waals surface area contributed by atoms with E-state index in [0.29, 0.717) is 0 Å². The van der Waals surface area contributed by atoms with Crippen LogP contribution in [0.2, 0.25) is 0 Å². The number of nitrogens with two attached hydrogens (primary N) is 1. The Labute approximate surface area is 113 Å². The number of aromatic nitrogens is 2. The van der Waals surface area contributed by atoms with Gasteiger partial charge in [0, 0.05) is 13.1 Å². The van der Waals surface area contributed by atoms with E-state index >= 15 is 0 Å². The van der Waals surface area contributed by atoms with E-state index in [2.05, 4.69) is 30.7 Å². The van der Waals surface area contributed by atoms with E-state index in [1.807, 2.05) is 6.92 Å². The summed E-state index contributed by atoms with van der Waals surface area (Å²) in [6, 6.07) is 0.0395. The quantitative estimate of drug-likeness (QED) is 0.884. The number of rotatable bonds is 3. The van der Waals surface area contributed by atoms with Crippen molar-refractivity contribution in [2.75, 3.05) is 7.05 Å². The van der Waals surface area contributed by atoms with E-state index < -0.39 is 5.91 Å². The van der Waals surface area contributed by atoms with Crippen LogP contribution in [0.3, 0.4) is 0 Å². The smallest absolute Gasteiger partial charge is 0.274 e. The molecule has 1 unspecified atom stereocenters. The molecule has 1 atom stereocenters. The summed E-state index contributed by atoms with van der Waals surface area (Å²) in [6.07, 6.45) is 2.49. The predicted octanol–water partition coefficient (Wildman–Crippen LogP) is 1.08. The molecule has 6 nitrogen and oxygen atoms in total. The normalized spacial score (nSPS) is 12.9. The Morgan fingerprint density at radius 1 is 1.21 bits per heavy atom. The summed E-state index contributed by atoms with van der Waals surface area (Å²) >= 11 is 0. The zero-order valence-electron chi connectivity index (χ0n) is 12.0. The molecule has 19 heavy (non-hydrogen) atoms. The lowest BCUT2D eigenvalue weighted by Gasteiger charge is -2.35. The van der Waals surface area contributed by atoms with Crippen molar-refractivity contribution >= 4 is 11.8 Å². The van der Waals surface area contributed by atoms with E-state index in [1.165, 1.54) is 12.4 Å². The Balaban J connectivity index is 2.91. The maximum Gasteiger partial charge on any atom is 0.274 e. The molecule has 0 fully saturated rings. The second-order valence-electron chi connectivity index (χ2n) is 5.61. The number of nitrogens with zero attached hydrogens (tertiary/aromatic N) is 3. The van der Waals surface area contributed by atoms with Gasteiger partial charge in [-0.1, -0.05) is 20.8 Å². The first-order chi connectivity index (χ1) is 8.64. The predicted molar refractivity (Wildman–Crippen MR) is 71.6 cm³/mol. The number of carbonyl (C=O) groups excluding carboxylic acids is 2. The zero-order chi connectivity index (χ0) is 14.8. The first-order valence-electron chi connectivity index (χ1n) is 6.03. The number of hydrogen-bond donors (Lipinski definition) is 1. The van der Waals surface area contributed by atoms with Crippen LogP contribution in [0.25, 0.3) is 0 Å². The van der Waals surface area contributed by atoms with Crippen LogP contribution in [-0.4, -0.2) is 39.8 Å². The maximum absolute atomic E-state index is 12.2. The fraction of sp³-hybridized carbons (Fsp3) is 0.538. The summed E-state index contributed by atoms with van der Waals surface area (Å²) in [7, 11) is 1.72. The third-order valence-electron chi connectivity index (χ3n) is 3.28. The van der Waals surface area contributed by atoms with Gasteiger partial charge in [0.25, 0.3) is 11.8 Å². The average molecular weight is 264 g/mol. The van der Waals surface area contributed by atoms with Crippen molar-refractivity contribution < 1.29 is 9.59 Å². The van der Waals surface area contributed by atoms with Gasteiger partial charge >= 0.3 is 0 Å². The van der Waals surface area contributed by atoms with E-state index in [4.69, 9.17) is 5.73 Å². The van der Waals surface area contributed by atoms with Gasteiger partial charge in [0.1, 0.15) is 11.4 Å². The summed E-state index contributed by atoms with van der Waals surface area (Å²) in [5.41, 5.74) is 5.27. The van der Waals surface area contributed by atoms with Gasteiger partial charge in [-0.15, -0.1) is 0 Å². The Morgan fingerprint density at radius 2 is 1.68 bits per heavy atom. The molecule has 0 saturated heterocycles. The molecule has 1 aromatic heterocycles. The molecule has 0 aromatic carbocycles. The molecule has 2 amide bonds. The van der Waals surface area contributed by atoms with Gasteiger partial charge in [-0.25, -0.2) is 9.97 Å². The van der Waals surface area contributed by atoms with E-state index in [1.54, 1.807) is 11.9 Å². The van der Waals surface area contributed by atoms with Gasteiger partial charge in [0.2, 0.25) is 0 Å². The molecular weight excluding hydrogens is 244 g/mol. The summed E-state index contributed by atoms with van der Waals surface area (Å²) in [5.74, 6) is -0.895. The first-order valence-corrected chi connectivity index (χ1v) is 6.03. The van der Waals surface area contributed by atoms with Crippen LogP contribution in [0.4, 0.5) is 0 Å². The molecule has 0 radical (unpaired) electrons. The molecule has 1 rings (SSSR count). The molecule has 0 saturated carbocycles. The SMILES string of the molecule is CC(N(C)C(=O)c1cnc(C(N)=O)cn1)C(C)(C)C. The van der Waals surface area contributed by atoms with Crippen LogP contribution < -0.4 is 5.73 Å². The maximum atomic E-state index is 12.2. The van der Waals surface area contributed by atoms with Gasteiger partial charge in [0.15, 0.2) is 0 Å². The lowest BCUT2D eigenvalue weighted by Crippen LogP contribution is -2.43. The first kappa shape index (κ1) is 15.1. The van der Waals surface area contributed by atoms with Crippen molar-refractivity contribution in [3.63, 3.8) is 0 Å². The summed E-state index contributed by atoms with van der Waals surface area (Å²) in [4.78, 5) is 32.5. The molecular formula is C13H20N4O2. The van der Waals surface area contributed by atoms with Crippen LogP contribution in [0.1, 0.15) is 48.7 Å². The van der Waals surface area contributed by atoms with Gasteiger partial charge in [0.05, 0.1) is 12.4 Å². The molecule has 0 aliphatic heterocycles. The van der Waals surface area contributed by atoms with Crippen LogP contribution in [0.15, 0.2) is 12.4 Å². The molecule has 6 heteroatoms. The van der Waals surface area contributed by atoms with Gasteiger partial charge in [-0.05, 0) is 12.3 Å². The van der Waals surface area contributed by atoms with Gasteiger partial charge in [-0.3, -0.25) is 9.59 Å². The number of carbonyl (C=O) groups is 2. The number of hydrogen-bond acceptors (Lipinski definition) is 4. The van der Waals surface area contributed by atoms with Crippen LogP contribution in [0, 0.1) is 5.41 Å². The average Bonchev–Trinajstić information content (AvgIpc) is 2.35. The Morgan fingerprint density at radius 3 is 2.05 bits per heavy atom. The molecule has 0 aliphatic carbocycles. The molecule has 1 aromatic rings. The fourth-order valence-electron chi connectivity index (χ4n) is 1.50. The van der Waals surface area contributed by atoms with Crippen molar-refractivity contribution in [1.29, 1.82) is 0 Å². The molecule has 0 spiro atoms. The third kappa shape index (κ3) is 3.49. The number of primary amides is 1. The highest BCUT2D eigenvalue weighted by atomic mass is 16.2. The van der Waals surface area contributed by atoms with Crippen LogP contribution in [-0.2, 0) is 0 Å². The topological polar surface area (TPSA) is 89.2 Å². The fourth-order valence-corrected chi connectivity index (χ4v) is 1.50. The minimum Gasteiger partial charge on any atom is -0.364 e. The Hall–Kier alpha value is -1.98. The van der Waals surface area contributed by atoms with Crippen molar-refractivity contribution in [1.82, 2.24) is 14.9 Å². The van der Waals surface area contributed by atoms with Crippen molar-refractivity contribution in [3.8, 4) is 0 Å². The zero-order valence-corrected chi connectivity index (χ0v) is 12.0. The largest absolute Gasteiger partial charge is 0.364 e. The highest BCUT2D eigenvalue weighted by molar-refractivity contribution is 5.93. The summed E-state index contributed by atoms with van der Waals surface area (Å²) < 4.78 is 0. The monoisotopic (exact) mass is 264 g/mol. The number of amides is 2. The van der Waals surface area contributed by atoms with Crippen molar-refractivity contribution in [2.45, 2.75) is 33.7 Å². The second kappa shape index (κ2) is 5.34. The van der Waals surface area contributed by atoms with Crippen molar-refractivity contribution in [3.05, 3.63) is 23.8 Å². The standard InChI is InChI=1S/C13H20N4O2/c1-8(13(2,3)4)17(5)12(19)10-7-15-9(6-16-10)11(14)18/h6-8H,1-5H3,(H2,14,18). The van der Waals surface area contributed by atoms with Gasteiger partial charge in [-0.2, -0.15) is 0 Å². The third-order valence-corrected chi connectivity index (χ3v) is 3.28. The van der Waals surface area contributed by atoms with Crippen molar-refractivity contribution in [2.24, 2.45) is 11.1 Å². The second-order valence-corrected chi connectivity index (χ2v) is 5.61. The highest BCUT2D eigenvalue weighted by Crippen LogP contribution is 2.23. The highest BCUT2D eigenvalue weighted by Gasteiger charge is 2.28. The molecule has 0 aliphatic rings. The summed E-state index contributed by atoms with van der Waals surface area (Å²) in [5, 5.41) is 0. The van der Waals surface area contributed by atoms with Crippen LogP contribution in [0.5, 0.6) is 0 Å². The van der Waals surface area contributed by atoms with Gasteiger partial charge < -0.3 is 10.6 Å². The lowest BCUT2D eigenvalue weighted by atomic mass is 9.87. The minimum absolute atomic E-state index is 0.0367. The Kier molecular flexibility index (Phi) is 4.24. The molecule has 1 heterocycles.